The van der Waals surface area contributed by atoms with Crippen LogP contribution in [0.5, 0.6) is 0 Å². The number of aromatic nitrogens is 2. The van der Waals surface area contributed by atoms with Crippen molar-refractivity contribution in [3.8, 4) is 0 Å². The third-order valence-corrected chi connectivity index (χ3v) is 4.79. The van der Waals surface area contributed by atoms with Crippen LogP contribution in [0.1, 0.15) is 29.1 Å². The predicted molar refractivity (Wildman–Crippen MR) is 83.4 cm³/mol. The maximum atomic E-state index is 12.5. The predicted octanol–water partition coefficient (Wildman–Crippen LogP) is 2.00. The van der Waals surface area contributed by atoms with Crippen LogP contribution in [0.25, 0.3) is 0 Å². The molecule has 2 aromatic heterocycles. The summed E-state index contributed by atoms with van der Waals surface area (Å²) in [7, 11) is 2.01. The van der Waals surface area contributed by atoms with Gasteiger partial charge in [-0.15, -0.1) is 0 Å². The molecule has 1 atom stereocenters. The van der Waals surface area contributed by atoms with Crippen molar-refractivity contribution in [3.63, 3.8) is 0 Å². The van der Waals surface area contributed by atoms with E-state index in [-0.39, 0.29) is 11.9 Å². The van der Waals surface area contributed by atoms with E-state index >= 15 is 0 Å². The van der Waals surface area contributed by atoms with Crippen molar-refractivity contribution in [2.24, 2.45) is 7.05 Å². The Hall–Kier alpha value is -1.66. The van der Waals surface area contributed by atoms with E-state index < -0.39 is 0 Å². The lowest BCUT2D eigenvalue weighted by molar-refractivity contribution is 0.0473. The van der Waals surface area contributed by atoms with Gasteiger partial charge in [0.05, 0.1) is 11.6 Å². The summed E-state index contributed by atoms with van der Waals surface area (Å²) in [5, 5.41) is 3.87. The fourth-order valence-electron chi connectivity index (χ4n) is 2.90. The van der Waals surface area contributed by atoms with E-state index in [2.05, 4.69) is 16.8 Å². The number of aryl methyl sites for hydroxylation is 1. The molecular formula is C15H20N4OS. The Balaban J connectivity index is 1.81. The van der Waals surface area contributed by atoms with Crippen LogP contribution in [0, 0.1) is 0 Å². The van der Waals surface area contributed by atoms with Gasteiger partial charge < -0.3 is 9.47 Å². The van der Waals surface area contributed by atoms with Crippen molar-refractivity contribution in [2.45, 2.75) is 13.0 Å². The number of carbonyl (C=O) groups is 1. The van der Waals surface area contributed by atoms with Crippen LogP contribution >= 0.6 is 11.3 Å². The number of thiophene rings is 1. The Kier molecular flexibility index (Phi) is 4.07. The van der Waals surface area contributed by atoms with Gasteiger partial charge in [-0.05, 0) is 18.0 Å². The molecule has 0 bridgehead atoms. The molecule has 3 heterocycles. The molecule has 6 heteroatoms. The molecule has 1 fully saturated rings. The molecule has 3 rings (SSSR count). The average Bonchev–Trinajstić information content (AvgIpc) is 3.17. The lowest BCUT2D eigenvalue weighted by atomic mass is 10.1. The van der Waals surface area contributed by atoms with Crippen LogP contribution < -0.4 is 0 Å². The summed E-state index contributed by atoms with van der Waals surface area (Å²) in [5.74, 6) is 1.16. The zero-order valence-corrected chi connectivity index (χ0v) is 13.2. The van der Waals surface area contributed by atoms with Crippen LogP contribution in [-0.4, -0.2) is 51.4 Å². The third kappa shape index (κ3) is 2.73. The van der Waals surface area contributed by atoms with Crippen molar-refractivity contribution < 1.29 is 4.79 Å². The number of likely N-dealkylation sites (N-methyl/N-ethyl adjacent to an activating group) is 1. The highest BCUT2D eigenvalue weighted by Gasteiger charge is 2.32. The Labute approximate surface area is 128 Å². The largest absolute Gasteiger partial charge is 0.337 e. The number of piperazine rings is 1. The number of hydrogen-bond donors (Lipinski definition) is 0. The van der Waals surface area contributed by atoms with Crippen LogP contribution in [0.4, 0.5) is 0 Å². The second kappa shape index (κ2) is 5.99. The van der Waals surface area contributed by atoms with E-state index in [1.54, 1.807) is 11.3 Å². The van der Waals surface area contributed by atoms with Crippen molar-refractivity contribution >= 4 is 17.2 Å². The van der Waals surface area contributed by atoms with E-state index in [0.29, 0.717) is 6.54 Å². The first-order valence-corrected chi connectivity index (χ1v) is 8.17. The first-order chi connectivity index (χ1) is 10.2. The molecule has 1 aliphatic heterocycles. The molecule has 0 N–H and O–H groups in total. The van der Waals surface area contributed by atoms with Crippen molar-refractivity contribution in [1.29, 1.82) is 0 Å². The summed E-state index contributed by atoms with van der Waals surface area (Å²) in [5.41, 5.74) is 0.795. The maximum absolute atomic E-state index is 12.5. The van der Waals surface area contributed by atoms with Gasteiger partial charge in [0.15, 0.2) is 0 Å². The molecule has 0 radical (unpaired) electrons. The first kappa shape index (κ1) is 14.3. The van der Waals surface area contributed by atoms with E-state index in [0.717, 1.165) is 31.0 Å². The lowest BCUT2D eigenvalue weighted by Gasteiger charge is -2.40. The van der Waals surface area contributed by atoms with Crippen molar-refractivity contribution in [1.82, 2.24) is 19.4 Å². The van der Waals surface area contributed by atoms with Gasteiger partial charge in [-0.3, -0.25) is 9.69 Å². The van der Waals surface area contributed by atoms with Gasteiger partial charge in [-0.25, -0.2) is 4.98 Å². The number of nitrogens with zero attached hydrogens (tertiary/aromatic N) is 4. The molecule has 0 unspecified atom stereocenters. The van der Waals surface area contributed by atoms with Crippen LogP contribution in [-0.2, 0) is 7.05 Å². The number of hydrogen-bond acceptors (Lipinski definition) is 4. The van der Waals surface area contributed by atoms with Crippen LogP contribution in [0.15, 0.2) is 29.2 Å². The molecule has 1 saturated heterocycles. The minimum absolute atomic E-state index is 0.131. The molecule has 0 aromatic carbocycles. The molecule has 0 saturated carbocycles. The molecular weight excluding hydrogens is 284 g/mol. The Bertz CT molecular complexity index is 607. The second-order valence-electron chi connectivity index (χ2n) is 5.30. The Morgan fingerprint density at radius 3 is 2.95 bits per heavy atom. The molecule has 0 aliphatic carbocycles. The molecule has 0 spiro atoms. The average molecular weight is 304 g/mol. The molecule has 21 heavy (non-hydrogen) atoms. The summed E-state index contributed by atoms with van der Waals surface area (Å²) in [6.07, 6.45) is 3.78. The molecule has 112 valence electrons. The zero-order valence-electron chi connectivity index (χ0n) is 12.4. The van der Waals surface area contributed by atoms with E-state index in [4.69, 9.17) is 0 Å². The third-order valence-electron chi connectivity index (χ3n) is 4.11. The molecule has 1 amide bonds. The topological polar surface area (TPSA) is 41.4 Å². The molecule has 1 aliphatic rings. The van der Waals surface area contributed by atoms with Crippen LogP contribution in [0.3, 0.4) is 0 Å². The number of carbonyl (C=O) groups excluding carboxylic acids is 1. The summed E-state index contributed by atoms with van der Waals surface area (Å²) in [4.78, 5) is 21.4. The number of imidazole rings is 1. The molecule has 2 aromatic rings. The Morgan fingerprint density at radius 1 is 1.48 bits per heavy atom. The fourth-order valence-corrected chi connectivity index (χ4v) is 3.53. The fraction of sp³-hybridized carbons (Fsp3) is 0.467. The smallest absolute Gasteiger partial charge is 0.254 e. The second-order valence-corrected chi connectivity index (χ2v) is 6.08. The lowest BCUT2D eigenvalue weighted by Crippen LogP contribution is -2.50. The summed E-state index contributed by atoms with van der Waals surface area (Å²) >= 11 is 1.56. The van der Waals surface area contributed by atoms with Gasteiger partial charge in [0.25, 0.3) is 5.91 Å². The highest BCUT2D eigenvalue weighted by atomic mass is 32.1. The highest BCUT2D eigenvalue weighted by molar-refractivity contribution is 7.08. The van der Waals surface area contributed by atoms with E-state index in [9.17, 15) is 4.79 Å². The maximum Gasteiger partial charge on any atom is 0.254 e. The van der Waals surface area contributed by atoms with Crippen molar-refractivity contribution in [3.05, 3.63) is 40.6 Å². The van der Waals surface area contributed by atoms with Gasteiger partial charge in [-0.2, -0.15) is 11.3 Å². The van der Waals surface area contributed by atoms with Crippen LogP contribution in [0.2, 0.25) is 0 Å². The van der Waals surface area contributed by atoms with Gasteiger partial charge >= 0.3 is 0 Å². The summed E-state index contributed by atoms with van der Waals surface area (Å²) < 4.78 is 2.05. The molecule has 5 nitrogen and oxygen atoms in total. The van der Waals surface area contributed by atoms with Gasteiger partial charge in [0.1, 0.15) is 5.82 Å². The Morgan fingerprint density at radius 2 is 2.33 bits per heavy atom. The highest BCUT2D eigenvalue weighted by Crippen LogP contribution is 2.25. The minimum Gasteiger partial charge on any atom is -0.337 e. The van der Waals surface area contributed by atoms with E-state index in [1.165, 1.54) is 0 Å². The van der Waals surface area contributed by atoms with Gasteiger partial charge in [-0.1, -0.05) is 6.92 Å². The standard InChI is InChI=1S/C15H20N4OS/c1-3-18-7-8-19(15(20)12-4-9-21-11-12)10-13(18)14-16-5-6-17(14)2/h4-6,9,11,13H,3,7-8,10H2,1-2H3/t13-/m0/s1. The SMILES string of the molecule is CCN1CCN(C(=O)c2ccsc2)C[C@H]1c1nccn1C. The van der Waals surface area contributed by atoms with Gasteiger partial charge in [0, 0.05) is 44.5 Å². The summed E-state index contributed by atoms with van der Waals surface area (Å²) in [6.45, 7) is 5.50. The number of amides is 1. The van der Waals surface area contributed by atoms with E-state index in [1.807, 2.05) is 45.7 Å². The first-order valence-electron chi connectivity index (χ1n) is 7.23. The zero-order chi connectivity index (χ0) is 14.8. The monoisotopic (exact) mass is 304 g/mol. The van der Waals surface area contributed by atoms with Crippen molar-refractivity contribution in [2.75, 3.05) is 26.2 Å². The van der Waals surface area contributed by atoms with Gasteiger partial charge in [0.2, 0.25) is 0 Å². The normalized spacial score (nSPS) is 19.9. The minimum atomic E-state index is 0.131. The number of rotatable bonds is 3. The quantitative estimate of drug-likeness (QED) is 0.871. The summed E-state index contributed by atoms with van der Waals surface area (Å²) in [6, 6.07) is 2.07.